The summed E-state index contributed by atoms with van der Waals surface area (Å²) in [6, 6.07) is 7.52. The van der Waals surface area contributed by atoms with Gasteiger partial charge in [0, 0.05) is 18.7 Å². The number of likely N-dealkylation sites (tertiary alicyclic amines) is 1. The average Bonchev–Trinajstić information content (AvgIpc) is 2.60. The van der Waals surface area contributed by atoms with Crippen molar-refractivity contribution < 1.29 is 19.2 Å². The predicted molar refractivity (Wildman–Crippen MR) is 97.4 cm³/mol. The smallest absolute Gasteiger partial charge is 0.410 e. The molecule has 0 bridgehead atoms. The van der Waals surface area contributed by atoms with Crippen LogP contribution in [0, 0.1) is 0 Å². The quantitative estimate of drug-likeness (QED) is 0.759. The molecule has 2 heterocycles. The van der Waals surface area contributed by atoms with Crippen LogP contribution in [0.5, 0.6) is 0 Å². The highest BCUT2D eigenvalue weighted by Crippen LogP contribution is 2.22. The number of ether oxygens (including phenoxy) is 1. The fourth-order valence-corrected chi connectivity index (χ4v) is 3.05. The van der Waals surface area contributed by atoms with Crippen LogP contribution in [0.4, 0.5) is 4.79 Å². The molecule has 0 unspecified atom stereocenters. The second kappa shape index (κ2) is 7.50. The van der Waals surface area contributed by atoms with E-state index >= 15 is 0 Å². The molecule has 0 atom stereocenters. The number of hydroxylamine groups is 2. The molecule has 3 rings (SSSR count). The number of nitrogens with zero attached hydrogens (tertiary/aromatic N) is 2. The third-order valence-electron chi connectivity index (χ3n) is 4.45. The molecular weight excluding hydrogens is 332 g/mol. The van der Waals surface area contributed by atoms with Gasteiger partial charge in [-0.05, 0) is 45.2 Å². The van der Waals surface area contributed by atoms with Crippen LogP contribution in [0.15, 0.2) is 35.9 Å². The lowest BCUT2D eigenvalue weighted by atomic mass is 10.0. The number of rotatable bonds is 2. The Labute approximate surface area is 154 Å². The summed E-state index contributed by atoms with van der Waals surface area (Å²) < 4.78 is 5.41. The molecule has 26 heavy (non-hydrogen) atoms. The zero-order chi connectivity index (χ0) is 18.7. The van der Waals surface area contributed by atoms with Crippen LogP contribution in [0.1, 0.15) is 49.5 Å². The van der Waals surface area contributed by atoms with Crippen LogP contribution in [0.25, 0.3) is 0 Å². The summed E-state index contributed by atoms with van der Waals surface area (Å²) in [5, 5.41) is 1.41. The number of piperidine rings is 1. The van der Waals surface area contributed by atoms with Crippen LogP contribution in [-0.4, -0.2) is 47.2 Å². The molecule has 0 aliphatic carbocycles. The zero-order valence-electron chi connectivity index (χ0n) is 15.7. The Morgan fingerprint density at radius 2 is 1.92 bits per heavy atom. The SMILES string of the molecule is CC(C)(C)OC(=O)N1CCC(=CCN2OCc3ccccc3C2=O)CC1. The summed E-state index contributed by atoms with van der Waals surface area (Å²) in [5.41, 5.74) is 2.39. The zero-order valence-corrected chi connectivity index (χ0v) is 15.7. The lowest BCUT2D eigenvalue weighted by molar-refractivity contribution is -0.133. The molecule has 1 fully saturated rings. The van der Waals surface area contributed by atoms with Crippen LogP contribution in [0.2, 0.25) is 0 Å². The van der Waals surface area contributed by atoms with E-state index in [9.17, 15) is 9.59 Å². The fraction of sp³-hybridized carbons (Fsp3) is 0.500. The molecule has 6 heteroatoms. The van der Waals surface area contributed by atoms with E-state index in [0.717, 1.165) is 18.4 Å². The van der Waals surface area contributed by atoms with E-state index in [1.54, 1.807) is 4.90 Å². The first-order valence-corrected chi connectivity index (χ1v) is 9.02. The van der Waals surface area contributed by atoms with Gasteiger partial charge in [0.1, 0.15) is 12.2 Å². The molecule has 0 N–H and O–H groups in total. The summed E-state index contributed by atoms with van der Waals surface area (Å²) in [6.45, 7) is 7.72. The minimum Gasteiger partial charge on any atom is -0.444 e. The Morgan fingerprint density at radius 3 is 2.62 bits per heavy atom. The van der Waals surface area contributed by atoms with Gasteiger partial charge in [-0.25, -0.2) is 9.86 Å². The van der Waals surface area contributed by atoms with Crippen LogP contribution < -0.4 is 0 Å². The maximum absolute atomic E-state index is 12.5. The van der Waals surface area contributed by atoms with Gasteiger partial charge >= 0.3 is 6.09 Å². The van der Waals surface area contributed by atoms with Gasteiger partial charge in [-0.2, -0.15) is 0 Å². The third kappa shape index (κ3) is 4.43. The molecule has 2 aliphatic rings. The van der Waals surface area contributed by atoms with Gasteiger partial charge < -0.3 is 9.64 Å². The van der Waals surface area contributed by atoms with Gasteiger partial charge in [0.2, 0.25) is 0 Å². The van der Waals surface area contributed by atoms with Crippen LogP contribution in [0.3, 0.4) is 0 Å². The first kappa shape index (κ1) is 18.5. The number of hydrogen-bond acceptors (Lipinski definition) is 4. The Morgan fingerprint density at radius 1 is 1.23 bits per heavy atom. The summed E-state index contributed by atoms with van der Waals surface area (Å²) in [4.78, 5) is 31.9. The molecule has 1 saturated heterocycles. The largest absolute Gasteiger partial charge is 0.444 e. The summed E-state index contributed by atoms with van der Waals surface area (Å²) >= 11 is 0. The second-order valence-electron chi connectivity index (χ2n) is 7.63. The number of benzene rings is 1. The van der Waals surface area contributed by atoms with Crippen molar-refractivity contribution in [2.24, 2.45) is 0 Å². The highest BCUT2D eigenvalue weighted by atomic mass is 16.7. The highest BCUT2D eigenvalue weighted by Gasteiger charge is 2.26. The van der Waals surface area contributed by atoms with Crippen molar-refractivity contribution >= 4 is 12.0 Å². The second-order valence-corrected chi connectivity index (χ2v) is 7.63. The molecule has 6 nitrogen and oxygen atoms in total. The van der Waals surface area contributed by atoms with Gasteiger partial charge in [-0.15, -0.1) is 0 Å². The van der Waals surface area contributed by atoms with Crippen LogP contribution >= 0.6 is 0 Å². The summed E-state index contributed by atoms with van der Waals surface area (Å²) in [7, 11) is 0. The molecule has 0 radical (unpaired) electrons. The van der Waals surface area contributed by atoms with E-state index in [4.69, 9.17) is 9.57 Å². The first-order chi connectivity index (χ1) is 12.3. The minimum atomic E-state index is -0.477. The minimum absolute atomic E-state index is 0.102. The monoisotopic (exact) mass is 358 g/mol. The van der Waals surface area contributed by atoms with Crippen molar-refractivity contribution in [3.05, 3.63) is 47.0 Å². The third-order valence-corrected chi connectivity index (χ3v) is 4.45. The van der Waals surface area contributed by atoms with Gasteiger partial charge in [0.15, 0.2) is 0 Å². The molecule has 0 spiro atoms. The predicted octanol–water partition coefficient (Wildman–Crippen LogP) is 3.53. The molecule has 0 saturated carbocycles. The van der Waals surface area contributed by atoms with Crippen molar-refractivity contribution in [3.8, 4) is 0 Å². The lowest BCUT2D eigenvalue weighted by Gasteiger charge is -2.31. The van der Waals surface area contributed by atoms with E-state index in [1.807, 2.05) is 51.1 Å². The van der Waals surface area contributed by atoms with Crippen molar-refractivity contribution in [3.63, 3.8) is 0 Å². The van der Waals surface area contributed by atoms with Crippen molar-refractivity contribution in [2.45, 2.75) is 45.8 Å². The molecule has 2 aliphatic heterocycles. The number of carbonyl (C=O) groups excluding carboxylic acids is 2. The number of amides is 2. The molecular formula is C20H26N2O4. The van der Waals surface area contributed by atoms with Crippen molar-refractivity contribution in [1.82, 2.24) is 9.96 Å². The summed E-state index contributed by atoms with van der Waals surface area (Å²) in [6.07, 6.45) is 3.36. The number of carbonyl (C=O) groups is 2. The Kier molecular flexibility index (Phi) is 5.32. The fourth-order valence-electron chi connectivity index (χ4n) is 3.05. The Bertz CT molecular complexity index is 711. The van der Waals surface area contributed by atoms with E-state index in [2.05, 4.69) is 0 Å². The molecule has 1 aromatic carbocycles. The highest BCUT2D eigenvalue weighted by molar-refractivity contribution is 5.95. The van der Waals surface area contributed by atoms with E-state index in [1.165, 1.54) is 10.6 Å². The Balaban J connectivity index is 1.52. The standard InChI is InChI=1S/C20H26N2O4/c1-20(2,3)26-19(24)21-11-8-15(9-12-21)10-13-22-18(23)17-7-5-4-6-16(17)14-25-22/h4-7,10H,8-9,11-14H2,1-3H3. The molecule has 1 aromatic rings. The lowest BCUT2D eigenvalue weighted by Crippen LogP contribution is -2.40. The molecule has 2 amide bonds. The average molecular weight is 358 g/mol. The summed E-state index contributed by atoms with van der Waals surface area (Å²) in [5.74, 6) is -0.102. The van der Waals surface area contributed by atoms with Gasteiger partial charge in [-0.3, -0.25) is 9.63 Å². The van der Waals surface area contributed by atoms with E-state index in [-0.39, 0.29) is 12.0 Å². The van der Waals surface area contributed by atoms with E-state index < -0.39 is 5.60 Å². The van der Waals surface area contributed by atoms with E-state index in [0.29, 0.717) is 31.8 Å². The Hall–Kier alpha value is -2.34. The van der Waals surface area contributed by atoms with Crippen molar-refractivity contribution in [2.75, 3.05) is 19.6 Å². The maximum atomic E-state index is 12.5. The maximum Gasteiger partial charge on any atom is 0.410 e. The number of fused-ring (bicyclic) bond motifs is 1. The first-order valence-electron chi connectivity index (χ1n) is 9.02. The molecule has 0 aromatic heterocycles. The van der Waals surface area contributed by atoms with Gasteiger partial charge in [-0.1, -0.05) is 29.8 Å². The van der Waals surface area contributed by atoms with Gasteiger partial charge in [0.05, 0.1) is 6.54 Å². The van der Waals surface area contributed by atoms with Crippen LogP contribution in [-0.2, 0) is 16.2 Å². The van der Waals surface area contributed by atoms with Crippen molar-refractivity contribution in [1.29, 1.82) is 0 Å². The normalized spacial score (nSPS) is 17.8. The molecule has 140 valence electrons. The van der Waals surface area contributed by atoms with Gasteiger partial charge in [0.25, 0.3) is 5.91 Å². The topological polar surface area (TPSA) is 59.1 Å². The number of hydrogen-bond donors (Lipinski definition) is 0.